The summed E-state index contributed by atoms with van der Waals surface area (Å²) in [4.78, 5) is 10.6. The van der Waals surface area contributed by atoms with Crippen LogP contribution in [0, 0.1) is 20.8 Å². The zero-order chi connectivity index (χ0) is 21.1. The Labute approximate surface area is 180 Å². The molecule has 6 nitrogen and oxygen atoms in total. The average Bonchev–Trinajstić information content (AvgIpc) is 2.71. The standard InChI is InChI=1S/C23H23ClN4O2/c1-14-7-8-17(15(2)9-14)10-19-13-29-28-23(26-19)22-16(3)27-25-12-21(22)30-20-6-4-5-18(24)11-20/h4-9,11-12,19H,10,13H2,1-3H3,(H,26,28). The normalized spacial score (nSPS) is 16.0. The third-order valence-electron chi connectivity index (χ3n) is 4.96. The van der Waals surface area contributed by atoms with Gasteiger partial charge in [-0.3, -0.25) is 9.83 Å². The van der Waals surface area contributed by atoms with Gasteiger partial charge in [0, 0.05) is 5.02 Å². The SMILES string of the molecule is Cc1ccc(CC2CONC(c3c(Oc4cccc(Cl)c4)cnnc3C)=N2)c(C)c1. The van der Waals surface area contributed by atoms with Crippen LogP contribution in [-0.2, 0) is 11.3 Å². The molecular formula is C23H23ClN4O2. The molecule has 4 rings (SSSR count). The van der Waals surface area contributed by atoms with Gasteiger partial charge in [0.1, 0.15) is 5.75 Å². The van der Waals surface area contributed by atoms with Crippen molar-refractivity contribution in [2.24, 2.45) is 4.99 Å². The molecule has 3 aromatic rings. The molecule has 2 aromatic carbocycles. The maximum atomic E-state index is 6.09. The van der Waals surface area contributed by atoms with Crippen LogP contribution in [0.15, 0.2) is 53.7 Å². The number of nitrogens with one attached hydrogen (secondary N) is 1. The second kappa shape index (κ2) is 8.81. The van der Waals surface area contributed by atoms with Crippen molar-refractivity contribution in [1.82, 2.24) is 15.7 Å². The van der Waals surface area contributed by atoms with E-state index in [1.165, 1.54) is 16.7 Å². The van der Waals surface area contributed by atoms with Crippen molar-refractivity contribution in [3.05, 3.63) is 81.6 Å². The van der Waals surface area contributed by atoms with Gasteiger partial charge < -0.3 is 4.74 Å². The third kappa shape index (κ3) is 4.61. The van der Waals surface area contributed by atoms with E-state index in [0.717, 1.165) is 12.0 Å². The van der Waals surface area contributed by atoms with E-state index in [-0.39, 0.29) is 6.04 Å². The van der Waals surface area contributed by atoms with Gasteiger partial charge in [0.2, 0.25) is 0 Å². The summed E-state index contributed by atoms with van der Waals surface area (Å²) in [5, 5.41) is 8.80. The molecular weight excluding hydrogens is 400 g/mol. The predicted octanol–water partition coefficient (Wildman–Crippen LogP) is 4.74. The Morgan fingerprint density at radius 1 is 1.17 bits per heavy atom. The summed E-state index contributed by atoms with van der Waals surface area (Å²) in [5.41, 5.74) is 8.12. The van der Waals surface area contributed by atoms with E-state index < -0.39 is 0 Å². The molecule has 0 bridgehead atoms. The fraction of sp³-hybridized carbons (Fsp3) is 0.261. The summed E-state index contributed by atoms with van der Waals surface area (Å²) in [6.45, 7) is 6.58. The van der Waals surface area contributed by atoms with Gasteiger partial charge in [0.05, 0.1) is 30.1 Å². The fourth-order valence-corrected chi connectivity index (χ4v) is 3.67. The zero-order valence-electron chi connectivity index (χ0n) is 17.1. The lowest BCUT2D eigenvalue weighted by atomic mass is 9.99. The predicted molar refractivity (Wildman–Crippen MR) is 117 cm³/mol. The molecule has 1 unspecified atom stereocenters. The zero-order valence-corrected chi connectivity index (χ0v) is 17.9. The molecule has 0 aliphatic carbocycles. The second-order valence-electron chi connectivity index (χ2n) is 7.41. The quantitative estimate of drug-likeness (QED) is 0.643. The molecule has 154 valence electrons. The second-order valence-corrected chi connectivity index (χ2v) is 7.84. The summed E-state index contributed by atoms with van der Waals surface area (Å²) < 4.78 is 6.05. The van der Waals surface area contributed by atoms with Gasteiger partial charge in [-0.2, -0.15) is 10.2 Å². The molecule has 1 N–H and O–H groups in total. The Bertz CT molecular complexity index is 1100. The molecule has 0 saturated carbocycles. The van der Waals surface area contributed by atoms with E-state index in [4.69, 9.17) is 26.2 Å². The Morgan fingerprint density at radius 2 is 2.03 bits per heavy atom. The van der Waals surface area contributed by atoms with Crippen LogP contribution in [0.2, 0.25) is 5.02 Å². The molecule has 0 spiro atoms. The summed E-state index contributed by atoms with van der Waals surface area (Å²) in [6.07, 6.45) is 2.36. The summed E-state index contributed by atoms with van der Waals surface area (Å²) in [6, 6.07) is 13.7. The number of halogens is 1. The molecule has 1 aromatic heterocycles. The number of hydroxylamine groups is 1. The maximum Gasteiger partial charge on any atom is 0.160 e. The Morgan fingerprint density at radius 3 is 2.83 bits per heavy atom. The highest BCUT2D eigenvalue weighted by Crippen LogP contribution is 2.28. The van der Waals surface area contributed by atoms with Gasteiger partial charge >= 0.3 is 0 Å². The first-order valence-corrected chi connectivity index (χ1v) is 10.1. The number of aryl methyl sites for hydroxylation is 3. The number of aromatic nitrogens is 2. The van der Waals surface area contributed by atoms with Crippen LogP contribution in [0.1, 0.15) is 27.9 Å². The number of ether oxygens (including phenoxy) is 1. The molecule has 0 fully saturated rings. The van der Waals surface area contributed by atoms with Crippen molar-refractivity contribution in [3.63, 3.8) is 0 Å². The molecule has 30 heavy (non-hydrogen) atoms. The highest BCUT2D eigenvalue weighted by molar-refractivity contribution is 6.30. The maximum absolute atomic E-state index is 6.09. The molecule has 1 atom stereocenters. The minimum atomic E-state index is -0.0192. The van der Waals surface area contributed by atoms with Crippen LogP contribution in [0.25, 0.3) is 0 Å². The first-order valence-electron chi connectivity index (χ1n) is 9.77. The molecule has 1 aliphatic rings. The van der Waals surface area contributed by atoms with Gasteiger partial charge in [-0.05, 0) is 56.5 Å². The van der Waals surface area contributed by atoms with Crippen molar-refractivity contribution in [3.8, 4) is 11.5 Å². The summed E-state index contributed by atoms with van der Waals surface area (Å²) in [7, 11) is 0. The number of nitrogens with zero attached hydrogens (tertiary/aromatic N) is 3. The summed E-state index contributed by atoms with van der Waals surface area (Å²) >= 11 is 6.09. The van der Waals surface area contributed by atoms with E-state index in [0.29, 0.717) is 34.7 Å². The number of aliphatic imine (C=N–C) groups is 1. The van der Waals surface area contributed by atoms with Crippen LogP contribution in [0.5, 0.6) is 11.5 Å². The lowest BCUT2D eigenvalue weighted by Gasteiger charge is -2.24. The van der Waals surface area contributed by atoms with Crippen molar-refractivity contribution >= 4 is 17.4 Å². The molecule has 0 radical (unpaired) electrons. The van der Waals surface area contributed by atoms with Crippen molar-refractivity contribution < 1.29 is 9.57 Å². The highest BCUT2D eigenvalue weighted by Gasteiger charge is 2.23. The largest absolute Gasteiger partial charge is 0.455 e. The van der Waals surface area contributed by atoms with E-state index >= 15 is 0 Å². The van der Waals surface area contributed by atoms with E-state index in [2.05, 4.69) is 47.7 Å². The first-order chi connectivity index (χ1) is 14.5. The molecule has 0 amide bonds. The lowest BCUT2D eigenvalue weighted by molar-refractivity contribution is 0.0622. The number of benzene rings is 2. The van der Waals surface area contributed by atoms with Gasteiger partial charge in [0.25, 0.3) is 0 Å². The van der Waals surface area contributed by atoms with Crippen LogP contribution in [0.3, 0.4) is 0 Å². The van der Waals surface area contributed by atoms with E-state index in [1.54, 1.807) is 18.3 Å². The van der Waals surface area contributed by atoms with E-state index in [1.807, 2.05) is 19.1 Å². The number of rotatable bonds is 5. The van der Waals surface area contributed by atoms with Gasteiger partial charge in [0.15, 0.2) is 11.6 Å². The Hall–Kier alpha value is -2.96. The van der Waals surface area contributed by atoms with Crippen LogP contribution in [-0.4, -0.2) is 28.7 Å². The summed E-state index contributed by atoms with van der Waals surface area (Å²) in [5.74, 6) is 1.73. The number of hydrogen-bond donors (Lipinski definition) is 1. The monoisotopic (exact) mass is 422 g/mol. The topological polar surface area (TPSA) is 68.6 Å². The molecule has 2 heterocycles. The number of amidine groups is 1. The molecule has 7 heteroatoms. The van der Waals surface area contributed by atoms with Crippen LogP contribution in [0.4, 0.5) is 0 Å². The van der Waals surface area contributed by atoms with Gasteiger partial charge in [-0.15, -0.1) is 0 Å². The smallest absolute Gasteiger partial charge is 0.160 e. The van der Waals surface area contributed by atoms with Crippen molar-refractivity contribution in [2.45, 2.75) is 33.2 Å². The fourth-order valence-electron chi connectivity index (χ4n) is 3.48. The van der Waals surface area contributed by atoms with Crippen molar-refractivity contribution in [1.29, 1.82) is 0 Å². The van der Waals surface area contributed by atoms with Crippen LogP contribution >= 0.6 is 11.6 Å². The van der Waals surface area contributed by atoms with Crippen LogP contribution < -0.4 is 10.2 Å². The van der Waals surface area contributed by atoms with E-state index in [9.17, 15) is 0 Å². The molecule has 1 aliphatic heterocycles. The lowest BCUT2D eigenvalue weighted by Crippen LogP contribution is -2.37. The van der Waals surface area contributed by atoms with Gasteiger partial charge in [-0.1, -0.05) is 41.4 Å². The third-order valence-corrected chi connectivity index (χ3v) is 5.20. The number of hydrogen-bond acceptors (Lipinski definition) is 6. The molecule has 0 saturated heterocycles. The Kier molecular flexibility index (Phi) is 5.97. The minimum absolute atomic E-state index is 0.0192. The Balaban J connectivity index is 1.64. The minimum Gasteiger partial charge on any atom is -0.455 e. The first kappa shape index (κ1) is 20.3. The van der Waals surface area contributed by atoms with Crippen molar-refractivity contribution in [2.75, 3.05) is 6.61 Å². The van der Waals surface area contributed by atoms with Gasteiger partial charge in [-0.25, -0.2) is 5.48 Å². The average molecular weight is 423 g/mol. The highest BCUT2D eigenvalue weighted by atomic mass is 35.5.